The minimum Gasteiger partial charge on any atom is -0.483 e. The van der Waals surface area contributed by atoms with E-state index >= 15 is 0 Å². The Kier molecular flexibility index (Phi) is 6.23. The van der Waals surface area contributed by atoms with Gasteiger partial charge in [0.2, 0.25) is 0 Å². The minimum absolute atomic E-state index is 0.0192. The van der Waals surface area contributed by atoms with Crippen molar-refractivity contribution in [3.63, 3.8) is 0 Å². The Morgan fingerprint density at radius 1 is 1.19 bits per heavy atom. The van der Waals surface area contributed by atoms with Crippen LogP contribution in [0.5, 0.6) is 5.75 Å². The van der Waals surface area contributed by atoms with E-state index in [1.807, 2.05) is 30.3 Å². The lowest BCUT2D eigenvalue weighted by Gasteiger charge is -2.09. The number of benzene rings is 2. The molecule has 0 bridgehead atoms. The maximum atomic E-state index is 12.2. The Bertz CT molecular complexity index is 889. The molecule has 1 N–H and O–H groups in total. The van der Waals surface area contributed by atoms with Crippen molar-refractivity contribution in [2.75, 3.05) is 11.9 Å². The Morgan fingerprint density at radius 3 is 2.85 bits per heavy atom. The highest BCUT2D eigenvalue weighted by molar-refractivity contribution is 7.22. The molecule has 0 unspecified atom stereocenters. The molecule has 0 aliphatic carbocycles. The first-order valence-electron chi connectivity index (χ1n) is 9.09. The van der Waals surface area contributed by atoms with Gasteiger partial charge in [-0.1, -0.05) is 55.9 Å². The molecule has 0 radical (unpaired) electrons. The molecule has 136 valence electrons. The molecule has 0 atom stereocenters. The normalized spacial score (nSPS) is 10.8. The van der Waals surface area contributed by atoms with Gasteiger partial charge in [0.15, 0.2) is 11.7 Å². The number of fused-ring (bicyclic) bond motifs is 1. The molecule has 26 heavy (non-hydrogen) atoms. The Labute approximate surface area is 158 Å². The predicted octanol–water partition coefficient (Wildman–Crippen LogP) is 5.22. The van der Waals surface area contributed by atoms with Crippen molar-refractivity contribution in [2.24, 2.45) is 0 Å². The number of para-hydroxylation sites is 1. The van der Waals surface area contributed by atoms with Gasteiger partial charge in [-0.2, -0.15) is 0 Å². The molecule has 2 aromatic carbocycles. The van der Waals surface area contributed by atoms with Gasteiger partial charge in [0.1, 0.15) is 5.75 Å². The third-order valence-corrected chi connectivity index (χ3v) is 5.16. The van der Waals surface area contributed by atoms with Crippen LogP contribution in [0.2, 0.25) is 0 Å². The van der Waals surface area contributed by atoms with Gasteiger partial charge in [-0.15, -0.1) is 0 Å². The lowest BCUT2D eigenvalue weighted by molar-refractivity contribution is -0.118. The van der Waals surface area contributed by atoms with Crippen molar-refractivity contribution in [1.29, 1.82) is 0 Å². The van der Waals surface area contributed by atoms with Crippen LogP contribution < -0.4 is 10.1 Å². The number of hydrogen-bond acceptors (Lipinski definition) is 4. The van der Waals surface area contributed by atoms with Gasteiger partial charge in [0, 0.05) is 0 Å². The second-order valence-corrected chi connectivity index (χ2v) is 7.25. The van der Waals surface area contributed by atoms with E-state index < -0.39 is 0 Å². The molecule has 0 spiro atoms. The first-order valence-corrected chi connectivity index (χ1v) is 9.91. The van der Waals surface area contributed by atoms with Gasteiger partial charge in [0.25, 0.3) is 5.91 Å². The fourth-order valence-corrected chi connectivity index (χ4v) is 3.74. The summed E-state index contributed by atoms with van der Waals surface area (Å²) in [5.74, 6) is 0.566. The molecule has 0 aliphatic rings. The number of nitrogens with zero attached hydrogens (tertiary/aromatic N) is 1. The number of aryl methyl sites for hydroxylation is 2. The van der Waals surface area contributed by atoms with E-state index in [1.165, 1.54) is 29.7 Å². The number of unbranched alkanes of at least 4 members (excludes halogenated alkanes) is 1. The maximum absolute atomic E-state index is 12.2. The van der Waals surface area contributed by atoms with Crippen LogP contribution in [-0.4, -0.2) is 17.5 Å². The number of aromatic nitrogens is 1. The molecular weight excluding hydrogens is 344 g/mol. The Balaban J connectivity index is 1.61. The van der Waals surface area contributed by atoms with Crippen LogP contribution >= 0.6 is 11.3 Å². The molecule has 0 saturated heterocycles. The smallest absolute Gasteiger partial charge is 0.264 e. The summed E-state index contributed by atoms with van der Waals surface area (Å²) in [7, 11) is 0. The van der Waals surface area contributed by atoms with Crippen LogP contribution in [0, 0.1) is 0 Å². The standard InChI is InChI=1S/C21H24N2O2S/c1-3-5-8-15-11-12-17-19(13-15)26-21(22-17)23-20(24)14-25-18-10-7-6-9-16(18)4-2/h6-7,9-13H,3-5,8,14H2,1-2H3,(H,22,23,24). The van der Waals surface area contributed by atoms with Gasteiger partial charge in [-0.25, -0.2) is 4.98 Å². The summed E-state index contributed by atoms with van der Waals surface area (Å²) in [6.45, 7) is 4.24. The van der Waals surface area contributed by atoms with Crippen LogP contribution in [0.1, 0.15) is 37.8 Å². The quantitative estimate of drug-likeness (QED) is 0.593. The summed E-state index contributed by atoms with van der Waals surface area (Å²) >= 11 is 1.50. The number of carbonyl (C=O) groups is 1. The first kappa shape index (κ1) is 18.4. The zero-order valence-corrected chi connectivity index (χ0v) is 16.1. The van der Waals surface area contributed by atoms with Gasteiger partial charge < -0.3 is 4.74 Å². The Hall–Kier alpha value is -2.40. The molecular formula is C21H24N2O2S. The lowest BCUT2D eigenvalue weighted by Crippen LogP contribution is -2.20. The van der Waals surface area contributed by atoms with E-state index in [-0.39, 0.29) is 12.5 Å². The van der Waals surface area contributed by atoms with Crippen molar-refractivity contribution in [1.82, 2.24) is 4.98 Å². The SMILES string of the molecule is CCCCc1ccc2nc(NC(=O)COc3ccccc3CC)sc2c1. The number of nitrogens with one attached hydrogen (secondary N) is 1. The maximum Gasteiger partial charge on any atom is 0.264 e. The van der Waals surface area contributed by atoms with Crippen LogP contribution in [0.4, 0.5) is 5.13 Å². The number of thiazole rings is 1. The van der Waals surface area contributed by atoms with E-state index in [0.717, 1.165) is 34.4 Å². The highest BCUT2D eigenvalue weighted by atomic mass is 32.1. The van der Waals surface area contributed by atoms with Crippen molar-refractivity contribution in [2.45, 2.75) is 39.5 Å². The fourth-order valence-electron chi connectivity index (χ4n) is 2.79. The zero-order chi connectivity index (χ0) is 18.4. The molecule has 1 amide bonds. The number of ether oxygens (including phenoxy) is 1. The highest BCUT2D eigenvalue weighted by Crippen LogP contribution is 2.27. The third-order valence-electron chi connectivity index (χ3n) is 4.23. The topological polar surface area (TPSA) is 51.2 Å². The summed E-state index contributed by atoms with van der Waals surface area (Å²) < 4.78 is 6.77. The van der Waals surface area contributed by atoms with Crippen molar-refractivity contribution in [3.05, 3.63) is 53.6 Å². The van der Waals surface area contributed by atoms with Crippen molar-refractivity contribution in [3.8, 4) is 5.75 Å². The summed E-state index contributed by atoms with van der Waals surface area (Å²) in [6, 6.07) is 14.1. The number of hydrogen-bond donors (Lipinski definition) is 1. The van der Waals surface area contributed by atoms with Crippen LogP contribution in [0.3, 0.4) is 0 Å². The number of amides is 1. The average molecular weight is 369 g/mol. The first-order chi connectivity index (χ1) is 12.7. The summed E-state index contributed by atoms with van der Waals surface area (Å²) in [5.41, 5.74) is 3.34. The van der Waals surface area contributed by atoms with Gasteiger partial charge >= 0.3 is 0 Å². The van der Waals surface area contributed by atoms with Crippen molar-refractivity contribution >= 4 is 32.6 Å². The highest BCUT2D eigenvalue weighted by Gasteiger charge is 2.10. The van der Waals surface area contributed by atoms with Crippen LogP contribution in [-0.2, 0) is 17.6 Å². The zero-order valence-electron chi connectivity index (χ0n) is 15.2. The summed E-state index contributed by atoms with van der Waals surface area (Å²) in [4.78, 5) is 16.7. The summed E-state index contributed by atoms with van der Waals surface area (Å²) in [5, 5.41) is 3.46. The van der Waals surface area contributed by atoms with Crippen molar-refractivity contribution < 1.29 is 9.53 Å². The van der Waals surface area contributed by atoms with Gasteiger partial charge in [-0.05, 0) is 48.6 Å². The fraction of sp³-hybridized carbons (Fsp3) is 0.333. The molecule has 0 saturated carbocycles. The van der Waals surface area contributed by atoms with Gasteiger partial charge in [-0.3, -0.25) is 10.1 Å². The average Bonchev–Trinajstić information content (AvgIpc) is 3.06. The van der Waals surface area contributed by atoms with E-state index in [4.69, 9.17) is 4.74 Å². The predicted molar refractivity (Wildman–Crippen MR) is 108 cm³/mol. The number of anilines is 1. The number of rotatable bonds is 8. The molecule has 3 aromatic rings. The van der Waals surface area contributed by atoms with Gasteiger partial charge in [0.05, 0.1) is 10.2 Å². The molecule has 0 fully saturated rings. The largest absolute Gasteiger partial charge is 0.483 e. The van der Waals surface area contributed by atoms with Crippen LogP contribution in [0.15, 0.2) is 42.5 Å². The third kappa shape index (κ3) is 4.61. The molecule has 5 heteroatoms. The van der Waals surface area contributed by atoms with E-state index in [0.29, 0.717) is 5.13 Å². The molecule has 4 nitrogen and oxygen atoms in total. The second-order valence-electron chi connectivity index (χ2n) is 6.22. The minimum atomic E-state index is -0.193. The Morgan fingerprint density at radius 2 is 2.04 bits per heavy atom. The second kappa shape index (κ2) is 8.81. The lowest BCUT2D eigenvalue weighted by atomic mass is 10.1. The summed E-state index contributed by atoms with van der Waals surface area (Å²) in [6.07, 6.45) is 4.32. The molecule has 1 aromatic heterocycles. The van der Waals surface area contributed by atoms with E-state index in [9.17, 15) is 4.79 Å². The van der Waals surface area contributed by atoms with E-state index in [1.54, 1.807) is 0 Å². The van der Waals surface area contributed by atoms with Crippen LogP contribution in [0.25, 0.3) is 10.2 Å². The molecule has 0 aliphatic heterocycles. The van der Waals surface area contributed by atoms with E-state index in [2.05, 4.69) is 36.3 Å². The molecule has 3 rings (SSSR count). The monoisotopic (exact) mass is 368 g/mol. The molecule has 1 heterocycles. The number of carbonyl (C=O) groups excluding carboxylic acids is 1.